The Bertz CT molecular complexity index is 796. The molecule has 0 aliphatic carbocycles. The maximum Gasteiger partial charge on any atom is 0.129 e. The number of nitrogens with one attached hydrogen (secondary N) is 1. The Kier molecular flexibility index (Phi) is 3.92. The highest BCUT2D eigenvalue weighted by Gasteiger charge is 2.07. The topological polar surface area (TPSA) is 41.0 Å². The molecule has 0 amide bonds. The van der Waals surface area contributed by atoms with Crippen LogP contribution in [-0.2, 0) is 6.54 Å². The van der Waals surface area contributed by atoms with Crippen LogP contribution in [0.4, 0.5) is 11.6 Å². The summed E-state index contributed by atoms with van der Waals surface area (Å²) in [4.78, 5) is 11.2. The van der Waals surface area contributed by atoms with Gasteiger partial charge in [0.1, 0.15) is 11.6 Å². The number of pyridine rings is 2. The van der Waals surface area contributed by atoms with Crippen molar-refractivity contribution in [3.05, 3.63) is 59.8 Å². The molecule has 0 atom stereocenters. The van der Waals surface area contributed by atoms with Gasteiger partial charge in [-0.3, -0.25) is 0 Å². The van der Waals surface area contributed by atoms with Crippen molar-refractivity contribution in [1.29, 1.82) is 0 Å². The van der Waals surface area contributed by atoms with E-state index in [0.29, 0.717) is 0 Å². The highest BCUT2D eigenvalue weighted by molar-refractivity contribution is 5.84. The van der Waals surface area contributed by atoms with Crippen LogP contribution in [0.3, 0.4) is 0 Å². The molecule has 0 saturated carbocycles. The average molecular weight is 292 g/mol. The van der Waals surface area contributed by atoms with Gasteiger partial charge in [-0.2, -0.15) is 0 Å². The monoisotopic (exact) mass is 292 g/mol. The first-order valence-corrected chi connectivity index (χ1v) is 7.37. The molecule has 0 fully saturated rings. The SMILES string of the molecule is Cc1cccc(NCc2cc(N(C)C)nc3ccccc23)n1. The summed E-state index contributed by atoms with van der Waals surface area (Å²) in [6.45, 7) is 2.72. The molecule has 1 aromatic carbocycles. The predicted octanol–water partition coefficient (Wildman–Crippen LogP) is 3.62. The van der Waals surface area contributed by atoms with E-state index in [9.17, 15) is 0 Å². The molecule has 0 aliphatic rings. The first-order chi connectivity index (χ1) is 10.6. The van der Waals surface area contributed by atoms with Gasteiger partial charge in [0.2, 0.25) is 0 Å². The normalized spacial score (nSPS) is 10.7. The Balaban J connectivity index is 1.95. The summed E-state index contributed by atoms with van der Waals surface area (Å²) in [5.41, 5.74) is 3.25. The Hall–Kier alpha value is -2.62. The van der Waals surface area contributed by atoms with Gasteiger partial charge in [-0.25, -0.2) is 9.97 Å². The molecular formula is C18H20N4. The zero-order valence-corrected chi connectivity index (χ0v) is 13.2. The number of nitrogens with zero attached hydrogens (tertiary/aromatic N) is 3. The minimum Gasteiger partial charge on any atom is -0.366 e. The number of para-hydroxylation sites is 1. The first kappa shape index (κ1) is 14.3. The molecule has 3 rings (SSSR count). The molecule has 0 saturated heterocycles. The van der Waals surface area contributed by atoms with Gasteiger partial charge in [0.15, 0.2) is 0 Å². The van der Waals surface area contributed by atoms with Gasteiger partial charge in [-0.05, 0) is 36.8 Å². The van der Waals surface area contributed by atoms with Crippen LogP contribution in [0, 0.1) is 6.92 Å². The van der Waals surface area contributed by atoms with Crippen molar-refractivity contribution in [3.8, 4) is 0 Å². The van der Waals surface area contributed by atoms with Crippen molar-refractivity contribution >= 4 is 22.5 Å². The van der Waals surface area contributed by atoms with Crippen LogP contribution in [0.5, 0.6) is 0 Å². The van der Waals surface area contributed by atoms with Gasteiger partial charge >= 0.3 is 0 Å². The predicted molar refractivity (Wildman–Crippen MR) is 92.4 cm³/mol. The maximum absolute atomic E-state index is 4.69. The Labute approximate surface area is 130 Å². The highest BCUT2D eigenvalue weighted by Crippen LogP contribution is 2.22. The number of anilines is 2. The molecule has 2 aromatic heterocycles. The van der Waals surface area contributed by atoms with Crippen molar-refractivity contribution in [2.75, 3.05) is 24.3 Å². The Morgan fingerprint density at radius 2 is 1.82 bits per heavy atom. The van der Waals surface area contributed by atoms with Crippen molar-refractivity contribution in [2.24, 2.45) is 0 Å². The smallest absolute Gasteiger partial charge is 0.129 e. The number of hydrogen-bond donors (Lipinski definition) is 1. The van der Waals surface area contributed by atoms with Gasteiger partial charge < -0.3 is 10.2 Å². The van der Waals surface area contributed by atoms with Crippen molar-refractivity contribution in [2.45, 2.75) is 13.5 Å². The molecule has 4 heteroatoms. The minimum atomic E-state index is 0.723. The Morgan fingerprint density at radius 1 is 1.00 bits per heavy atom. The minimum absolute atomic E-state index is 0.723. The second kappa shape index (κ2) is 6.02. The molecule has 3 aromatic rings. The lowest BCUT2D eigenvalue weighted by molar-refractivity contribution is 1.06. The van der Waals surface area contributed by atoms with Crippen molar-refractivity contribution < 1.29 is 0 Å². The van der Waals surface area contributed by atoms with E-state index in [4.69, 9.17) is 0 Å². The standard InChI is InChI=1S/C18H20N4/c1-13-7-6-10-17(20-13)19-12-14-11-18(22(2)3)21-16-9-5-4-8-15(14)16/h4-11H,12H2,1-3H3,(H,19,20). The van der Waals surface area contributed by atoms with E-state index in [-0.39, 0.29) is 0 Å². The fourth-order valence-corrected chi connectivity index (χ4v) is 2.43. The third-order valence-electron chi connectivity index (χ3n) is 3.59. The molecular weight excluding hydrogens is 272 g/mol. The molecule has 0 radical (unpaired) electrons. The number of aromatic nitrogens is 2. The molecule has 112 valence electrons. The summed E-state index contributed by atoms with van der Waals surface area (Å²) in [7, 11) is 4.02. The van der Waals surface area contributed by atoms with E-state index in [1.807, 2.05) is 56.3 Å². The average Bonchev–Trinajstić information content (AvgIpc) is 2.52. The third kappa shape index (κ3) is 3.01. The van der Waals surface area contributed by atoms with Crippen LogP contribution in [0.1, 0.15) is 11.3 Å². The van der Waals surface area contributed by atoms with Crippen LogP contribution in [-0.4, -0.2) is 24.1 Å². The quantitative estimate of drug-likeness (QED) is 0.797. The fraction of sp³-hybridized carbons (Fsp3) is 0.222. The van der Waals surface area contributed by atoms with Gasteiger partial charge in [-0.15, -0.1) is 0 Å². The van der Waals surface area contributed by atoms with Gasteiger partial charge in [0.05, 0.1) is 5.52 Å². The summed E-state index contributed by atoms with van der Waals surface area (Å²) in [6.07, 6.45) is 0. The molecule has 2 heterocycles. The Morgan fingerprint density at radius 3 is 2.59 bits per heavy atom. The lowest BCUT2D eigenvalue weighted by atomic mass is 10.1. The van der Waals surface area contributed by atoms with E-state index >= 15 is 0 Å². The molecule has 0 spiro atoms. The van der Waals surface area contributed by atoms with Gasteiger partial charge in [-0.1, -0.05) is 24.3 Å². The number of benzene rings is 1. The second-order valence-corrected chi connectivity index (χ2v) is 5.57. The number of rotatable bonds is 4. The van der Waals surface area contributed by atoms with Crippen LogP contribution < -0.4 is 10.2 Å². The number of aryl methyl sites for hydroxylation is 1. The molecule has 0 bridgehead atoms. The van der Waals surface area contributed by atoms with E-state index in [0.717, 1.165) is 29.4 Å². The maximum atomic E-state index is 4.69. The van der Waals surface area contributed by atoms with E-state index in [2.05, 4.69) is 33.5 Å². The summed E-state index contributed by atoms with van der Waals surface area (Å²) < 4.78 is 0. The van der Waals surface area contributed by atoms with Gasteiger partial charge in [0.25, 0.3) is 0 Å². The molecule has 0 unspecified atom stereocenters. The van der Waals surface area contributed by atoms with Crippen LogP contribution >= 0.6 is 0 Å². The summed E-state index contributed by atoms with van der Waals surface area (Å²) >= 11 is 0. The number of fused-ring (bicyclic) bond motifs is 1. The lowest BCUT2D eigenvalue weighted by Crippen LogP contribution is -2.12. The first-order valence-electron chi connectivity index (χ1n) is 7.37. The lowest BCUT2D eigenvalue weighted by Gasteiger charge is -2.15. The zero-order chi connectivity index (χ0) is 15.5. The van der Waals surface area contributed by atoms with E-state index < -0.39 is 0 Å². The largest absolute Gasteiger partial charge is 0.366 e. The zero-order valence-electron chi connectivity index (χ0n) is 13.2. The van der Waals surface area contributed by atoms with E-state index in [1.165, 1.54) is 10.9 Å². The summed E-state index contributed by atoms with van der Waals surface area (Å²) in [6, 6.07) is 16.4. The molecule has 4 nitrogen and oxygen atoms in total. The van der Waals surface area contributed by atoms with Gasteiger partial charge in [0, 0.05) is 31.7 Å². The molecule has 0 aliphatic heterocycles. The fourth-order valence-electron chi connectivity index (χ4n) is 2.43. The summed E-state index contributed by atoms with van der Waals surface area (Å²) in [5.74, 6) is 1.86. The van der Waals surface area contributed by atoms with Crippen LogP contribution in [0.15, 0.2) is 48.5 Å². The van der Waals surface area contributed by atoms with Crippen LogP contribution in [0.25, 0.3) is 10.9 Å². The number of hydrogen-bond acceptors (Lipinski definition) is 4. The van der Waals surface area contributed by atoms with E-state index in [1.54, 1.807) is 0 Å². The van der Waals surface area contributed by atoms with Crippen LogP contribution in [0.2, 0.25) is 0 Å². The van der Waals surface area contributed by atoms with Crippen molar-refractivity contribution in [1.82, 2.24) is 9.97 Å². The third-order valence-corrected chi connectivity index (χ3v) is 3.59. The van der Waals surface area contributed by atoms with Crippen molar-refractivity contribution in [3.63, 3.8) is 0 Å². The summed E-state index contributed by atoms with van der Waals surface area (Å²) in [5, 5.41) is 4.58. The second-order valence-electron chi connectivity index (χ2n) is 5.57. The highest BCUT2D eigenvalue weighted by atomic mass is 15.1. The molecule has 22 heavy (non-hydrogen) atoms. The molecule has 1 N–H and O–H groups in total.